The van der Waals surface area contributed by atoms with E-state index in [0.29, 0.717) is 11.4 Å². The zero-order valence-corrected chi connectivity index (χ0v) is 16.5. The molecule has 26 heavy (non-hydrogen) atoms. The monoisotopic (exact) mass is 393 g/mol. The number of benzene rings is 1. The highest BCUT2D eigenvalue weighted by molar-refractivity contribution is 7.94. The normalized spacial score (nSPS) is 12.2. The van der Waals surface area contributed by atoms with E-state index in [2.05, 4.69) is 10.1 Å². The van der Waals surface area contributed by atoms with Gasteiger partial charge in [0.15, 0.2) is 0 Å². The largest absolute Gasteiger partial charge is 0.496 e. The lowest BCUT2D eigenvalue weighted by atomic mass is 9.90. The van der Waals surface area contributed by atoms with Crippen molar-refractivity contribution in [3.05, 3.63) is 17.7 Å². The first-order valence-electron chi connectivity index (χ1n) is 7.96. The summed E-state index contributed by atoms with van der Waals surface area (Å²) in [5.41, 5.74) is -2.21. The van der Waals surface area contributed by atoms with Crippen molar-refractivity contribution >= 4 is 17.9 Å². The Labute approximate surface area is 156 Å². The van der Waals surface area contributed by atoms with E-state index < -0.39 is 23.7 Å². The Morgan fingerprint density at radius 3 is 2.31 bits per heavy atom. The Hall–Kier alpha value is -1.58. The van der Waals surface area contributed by atoms with Gasteiger partial charge in [-0.25, -0.2) is 0 Å². The van der Waals surface area contributed by atoms with Crippen molar-refractivity contribution < 1.29 is 32.3 Å². The maximum Gasteiger partial charge on any atom is 0.387 e. The summed E-state index contributed by atoms with van der Waals surface area (Å²) in [6.45, 7) is 5.48. The van der Waals surface area contributed by atoms with Gasteiger partial charge in [-0.15, -0.1) is 0 Å². The molecule has 0 saturated carbocycles. The fourth-order valence-electron chi connectivity index (χ4n) is 1.69. The minimum absolute atomic E-state index is 0.0706. The lowest BCUT2D eigenvalue weighted by molar-refractivity contribution is -0.0813. The maximum absolute atomic E-state index is 12.8. The first kappa shape index (κ1) is 22.5. The summed E-state index contributed by atoms with van der Waals surface area (Å²) in [6, 6.07) is 2.75. The second kappa shape index (κ2) is 8.88. The topological polar surface area (TPSA) is 77.0 Å². The Bertz CT molecular complexity index is 632. The zero-order valence-electron chi connectivity index (χ0n) is 15.7. The van der Waals surface area contributed by atoms with Crippen molar-refractivity contribution in [2.75, 3.05) is 13.7 Å². The van der Waals surface area contributed by atoms with Crippen LogP contribution in [0.4, 0.5) is 8.78 Å². The molecule has 0 radical (unpaired) electrons. The third-order valence-electron chi connectivity index (χ3n) is 3.86. The highest BCUT2D eigenvalue weighted by Crippen LogP contribution is 2.39. The number of nitrogens with one attached hydrogen (secondary N) is 1. The molecule has 148 valence electrons. The molecule has 1 aromatic rings. The Morgan fingerprint density at radius 1 is 1.27 bits per heavy atom. The molecule has 0 aliphatic carbocycles. The predicted octanol–water partition coefficient (Wildman–Crippen LogP) is 3.62. The molecule has 0 atom stereocenters. The fraction of sp³-hybridized carbons (Fsp3) is 0.588. The standard InChI is InChI=1S/C17H25F2NO5S/c1-7-20-14(21)13-11(23-6)8-10(9-12(13)24-15(18)19)26-25-17(4,5)16(2,3)22/h8-9,15,22H,7H2,1-6H3,(H,20,21). The van der Waals surface area contributed by atoms with Crippen molar-refractivity contribution in [1.82, 2.24) is 5.32 Å². The van der Waals surface area contributed by atoms with Crippen molar-refractivity contribution in [1.29, 1.82) is 0 Å². The van der Waals surface area contributed by atoms with Crippen molar-refractivity contribution in [2.45, 2.75) is 57.3 Å². The van der Waals surface area contributed by atoms with E-state index in [1.54, 1.807) is 34.6 Å². The van der Waals surface area contributed by atoms with Crippen LogP contribution in [-0.4, -0.2) is 42.5 Å². The summed E-state index contributed by atoms with van der Waals surface area (Å²) in [7, 11) is 1.32. The molecule has 0 saturated heterocycles. The first-order valence-corrected chi connectivity index (χ1v) is 8.70. The average Bonchev–Trinajstić information content (AvgIpc) is 2.50. The number of halogens is 2. The summed E-state index contributed by atoms with van der Waals surface area (Å²) in [4.78, 5) is 12.6. The van der Waals surface area contributed by atoms with E-state index in [0.717, 1.165) is 12.0 Å². The number of aliphatic hydroxyl groups is 1. The molecule has 2 N–H and O–H groups in total. The van der Waals surface area contributed by atoms with Crippen LogP contribution in [0, 0.1) is 0 Å². The first-order chi connectivity index (χ1) is 11.9. The fourth-order valence-corrected chi connectivity index (χ4v) is 2.51. The Kier molecular flexibility index (Phi) is 7.67. The number of carbonyl (C=O) groups is 1. The Balaban J connectivity index is 3.25. The number of ether oxygens (including phenoxy) is 2. The van der Waals surface area contributed by atoms with Crippen LogP contribution in [0.15, 0.2) is 17.0 Å². The molecule has 0 spiro atoms. The molecule has 0 fully saturated rings. The van der Waals surface area contributed by atoms with E-state index in [9.17, 15) is 18.7 Å². The van der Waals surface area contributed by atoms with Crippen LogP contribution in [0.3, 0.4) is 0 Å². The molecule has 9 heteroatoms. The van der Waals surface area contributed by atoms with Gasteiger partial charge in [0.1, 0.15) is 22.7 Å². The van der Waals surface area contributed by atoms with Crippen LogP contribution in [0.5, 0.6) is 11.5 Å². The summed E-state index contributed by atoms with van der Waals surface area (Å²) >= 11 is 0.862. The second-order valence-corrected chi connectivity index (χ2v) is 7.28. The molecule has 1 amide bonds. The average molecular weight is 393 g/mol. The van der Waals surface area contributed by atoms with E-state index in [4.69, 9.17) is 8.92 Å². The van der Waals surface area contributed by atoms with Crippen molar-refractivity contribution in [3.63, 3.8) is 0 Å². The summed E-state index contributed by atoms with van der Waals surface area (Å²) < 4.78 is 40.9. The van der Waals surface area contributed by atoms with Gasteiger partial charge in [-0.1, -0.05) is 0 Å². The molecular weight excluding hydrogens is 368 g/mol. The summed E-state index contributed by atoms with van der Waals surface area (Å²) in [5, 5.41) is 12.7. The van der Waals surface area contributed by atoms with Gasteiger partial charge >= 0.3 is 6.61 Å². The van der Waals surface area contributed by atoms with E-state index in [-0.39, 0.29) is 17.1 Å². The molecule has 0 aromatic heterocycles. The zero-order chi connectivity index (χ0) is 20.1. The quantitative estimate of drug-likeness (QED) is 0.624. The number of alkyl halides is 2. The third kappa shape index (κ3) is 5.72. The molecule has 0 bridgehead atoms. The van der Waals surface area contributed by atoms with Gasteiger partial charge in [0.2, 0.25) is 0 Å². The molecular formula is C17H25F2NO5S. The lowest BCUT2D eigenvalue weighted by Gasteiger charge is -2.35. The highest BCUT2D eigenvalue weighted by atomic mass is 32.2. The minimum Gasteiger partial charge on any atom is -0.496 e. The number of rotatable bonds is 9. The molecule has 0 aliphatic heterocycles. The lowest BCUT2D eigenvalue weighted by Crippen LogP contribution is -2.45. The second-order valence-electron chi connectivity index (χ2n) is 6.47. The molecule has 1 rings (SSSR count). The molecule has 0 unspecified atom stereocenters. The van der Waals surface area contributed by atoms with Crippen LogP contribution < -0.4 is 14.8 Å². The number of carbonyl (C=O) groups excluding carboxylic acids is 1. The smallest absolute Gasteiger partial charge is 0.387 e. The van der Waals surface area contributed by atoms with Gasteiger partial charge < -0.3 is 24.1 Å². The van der Waals surface area contributed by atoms with Gasteiger partial charge in [-0.3, -0.25) is 4.79 Å². The molecule has 0 aliphatic rings. The van der Waals surface area contributed by atoms with Crippen molar-refractivity contribution in [2.24, 2.45) is 0 Å². The van der Waals surface area contributed by atoms with E-state index in [1.807, 2.05) is 0 Å². The van der Waals surface area contributed by atoms with Gasteiger partial charge in [-0.2, -0.15) is 8.78 Å². The molecule has 0 heterocycles. The number of hydrogen-bond acceptors (Lipinski definition) is 6. The number of methoxy groups -OCH3 is 1. The predicted molar refractivity (Wildman–Crippen MR) is 95.0 cm³/mol. The third-order valence-corrected chi connectivity index (χ3v) is 4.79. The van der Waals surface area contributed by atoms with E-state index >= 15 is 0 Å². The van der Waals surface area contributed by atoms with Gasteiger partial charge in [0.05, 0.1) is 12.7 Å². The van der Waals surface area contributed by atoms with Crippen LogP contribution in [0.2, 0.25) is 0 Å². The van der Waals surface area contributed by atoms with Gasteiger partial charge in [0.25, 0.3) is 5.91 Å². The minimum atomic E-state index is -3.11. The maximum atomic E-state index is 12.8. The molecule has 6 nitrogen and oxygen atoms in total. The van der Waals surface area contributed by atoms with Crippen LogP contribution in [0.1, 0.15) is 45.0 Å². The summed E-state index contributed by atoms with van der Waals surface area (Å²) in [5.74, 6) is -0.840. The van der Waals surface area contributed by atoms with Crippen LogP contribution in [-0.2, 0) is 4.18 Å². The highest BCUT2D eigenvalue weighted by Gasteiger charge is 2.37. The van der Waals surface area contributed by atoms with Crippen LogP contribution in [0.25, 0.3) is 0 Å². The molecule has 1 aromatic carbocycles. The van der Waals surface area contributed by atoms with Crippen LogP contribution >= 0.6 is 12.0 Å². The Morgan fingerprint density at radius 2 is 1.85 bits per heavy atom. The van der Waals surface area contributed by atoms with Gasteiger partial charge in [0, 0.05) is 23.5 Å². The van der Waals surface area contributed by atoms with Crippen molar-refractivity contribution in [3.8, 4) is 11.5 Å². The van der Waals surface area contributed by atoms with E-state index in [1.165, 1.54) is 19.2 Å². The number of amides is 1. The number of hydrogen-bond donors (Lipinski definition) is 2. The SMILES string of the molecule is CCNC(=O)c1c(OC)cc(SOC(C)(C)C(C)(C)O)cc1OC(F)F. The summed E-state index contributed by atoms with van der Waals surface area (Å²) in [6.07, 6.45) is 0. The van der Waals surface area contributed by atoms with Gasteiger partial charge in [-0.05, 0) is 46.8 Å².